The Kier molecular flexibility index (Phi) is 3.10. The molecule has 82 valence electrons. The Morgan fingerprint density at radius 1 is 1.29 bits per heavy atom. The summed E-state index contributed by atoms with van der Waals surface area (Å²) in [7, 11) is 0. The van der Waals surface area contributed by atoms with Gasteiger partial charge < -0.3 is 15.1 Å². The van der Waals surface area contributed by atoms with E-state index in [1.54, 1.807) is 0 Å². The van der Waals surface area contributed by atoms with Crippen molar-refractivity contribution in [3.63, 3.8) is 0 Å². The summed E-state index contributed by atoms with van der Waals surface area (Å²) in [5.41, 5.74) is 0.489. The third-order valence-corrected chi connectivity index (χ3v) is 4.00. The third-order valence-electron chi connectivity index (χ3n) is 4.00. The van der Waals surface area contributed by atoms with Crippen molar-refractivity contribution in [1.29, 1.82) is 0 Å². The van der Waals surface area contributed by atoms with Crippen molar-refractivity contribution < 1.29 is 10.2 Å². The standard InChI is InChI=1S/C11H21NO2/c13-6-5-12-4-3-11(9-12)2-1-10(7-11)8-14/h10,13-14H,1-9H2/t10-,11+/m0/s1. The van der Waals surface area contributed by atoms with Crippen molar-refractivity contribution in [2.45, 2.75) is 25.7 Å². The first-order valence-electron chi connectivity index (χ1n) is 5.72. The zero-order valence-electron chi connectivity index (χ0n) is 8.78. The molecule has 3 nitrogen and oxygen atoms in total. The molecule has 2 aliphatic rings. The van der Waals surface area contributed by atoms with Crippen LogP contribution in [-0.2, 0) is 0 Å². The van der Waals surface area contributed by atoms with Gasteiger partial charge in [0.25, 0.3) is 0 Å². The van der Waals surface area contributed by atoms with Gasteiger partial charge in [-0.3, -0.25) is 0 Å². The Morgan fingerprint density at radius 2 is 2.14 bits per heavy atom. The van der Waals surface area contributed by atoms with E-state index in [1.165, 1.54) is 25.7 Å². The first-order chi connectivity index (χ1) is 6.78. The highest BCUT2D eigenvalue weighted by Crippen LogP contribution is 2.47. The van der Waals surface area contributed by atoms with E-state index in [9.17, 15) is 0 Å². The van der Waals surface area contributed by atoms with Crippen LogP contribution >= 0.6 is 0 Å². The summed E-state index contributed by atoms with van der Waals surface area (Å²) in [6, 6.07) is 0. The van der Waals surface area contributed by atoms with E-state index in [-0.39, 0.29) is 6.61 Å². The molecular weight excluding hydrogens is 178 g/mol. The lowest BCUT2D eigenvalue weighted by molar-refractivity contribution is 0.188. The van der Waals surface area contributed by atoms with Gasteiger partial charge in [-0.1, -0.05) is 0 Å². The molecule has 0 amide bonds. The van der Waals surface area contributed by atoms with Crippen molar-refractivity contribution in [3.8, 4) is 0 Å². The van der Waals surface area contributed by atoms with E-state index in [0.29, 0.717) is 17.9 Å². The molecule has 0 radical (unpaired) electrons. The van der Waals surface area contributed by atoms with Gasteiger partial charge in [0, 0.05) is 19.7 Å². The smallest absolute Gasteiger partial charge is 0.0558 e. The first-order valence-corrected chi connectivity index (χ1v) is 5.72. The summed E-state index contributed by atoms with van der Waals surface area (Å²) < 4.78 is 0. The molecule has 1 saturated carbocycles. The van der Waals surface area contributed by atoms with Crippen LogP contribution in [0.1, 0.15) is 25.7 Å². The summed E-state index contributed by atoms with van der Waals surface area (Å²) in [5, 5.41) is 18.0. The van der Waals surface area contributed by atoms with Crippen molar-refractivity contribution in [2.75, 3.05) is 32.8 Å². The van der Waals surface area contributed by atoms with Crippen molar-refractivity contribution in [2.24, 2.45) is 11.3 Å². The number of β-amino-alcohol motifs (C(OH)–C–C–N with tert-alkyl or cyclic N) is 1. The quantitative estimate of drug-likeness (QED) is 0.694. The lowest BCUT2D eigenvalue weighted by Crippen LogP contribution is -2.28. The van der Waals surface area contributed by atoms with Gasteiger partial charge in [0.1, 0.15) is 0 Å². The summed E-state index contributed by atoms with van der Waals surface area (Å²) in [6.07, 6.45) is 4.94. The molecule has 3 heteroatoms. The second-order valence-electron chi connectivity index (χ2n) is 5.04. The molecule has 0 unspecified atom stereocenters. The molecule has 2 rings (SSSR count). The number of nitrogens with zero attached hydrogens (tertiary/aromatic N) is 1. The van der Waals surface area contributed by atoms with Crippen LogP contribution in [0.5, 0.6) is 0 Å². The zero-order chi connectivity index (χ0) is 10.0. The third kappa shape index (κ3) is 1.95. The van der Waals surface area contributed by atoms with Gasteiger partial charge in [-0.15, -0.1) is 0 Å². The molecule has 2 N–H and O–H groups in total. The summed E-state index contributed by atoms with van der Waals surface area (Å²) in [4.78, 5) is 2.36. The van der Waals surface area contributed by atoms with E-state index in [1.807, 2.05) is 0 Å². The van der Waals surface area contributed by atoms with Gasteiger partial charge in [0.15, 0.2) is 0 Å². The predicted molar refractivity (Wildman–Crippen MR) is 55.0 cm³/mol. The normalized spacial score (nSPS) is 38.6. The molecule has 2 fully saturated rings. The number of aliphatic hydroxyl groups excluding tert-OH is 2. The maximum absolute atomic E-state index is 9.13. The number of likely N-dealkylation sites (tertiary alicyclic amines) is 1. The van der Waals surface area contributed by atoms with E-state index in [2.05, 4.69) is 4.90 Å². The molecule has 1 saturated heterocycles. The minimum atomic E-state index is 0.277. The first kappa shape index (κ1) is 10.4. The summed E-state index contributed by atoms with van der Waals surface area (Å²) >= 11 is 0. The predicted octanol–water partition coefficient (Wildman–Crippen LogP) is 0.463. The Balaban J connectivity index is 1.87. The molecule has 14 heavy (non-hydrogen) atoms. The average Bonchev–Trinajstić information content (AvgIpc) is 2.76. The van der Waals surface area contributed by atoms with Gasteiger partial charge in [-0.2, -0.15) is 0 Å². The van der Waals surface area contributed by atoms with E-state index in [4.69, 9.17) is 10.2 Å². The van der Waals surface area contributed by atoms with Gasteiger partial charge >= 0.3 is 0 Å². The molecule has 0 aromatic carbocycles. The van der Waals surface area contributed by atoms with E-state index >= 15 is 0 Å². The molecule has 1 heterocycles. The van der Waals surface area contributed by atoms with Crippen LogP contribution in [0.2, 0.25) is 0 Å². The van der Waals surface area contributed by atoms with Crippen LogP contribution < -0.4 is 0 Å². The lowest BCUT2D eigenvalue weighted by atomic mass is 9.84. The maximum atomic E-state index is 9.13. The van der Waals surface area contributed by atoms with Crippen LogP contribution in [0.4, 0.5) is 0 Å². The minimum Gasteiger partial charge on any atom is -0.396 e. The summed E-state index contributed by atoms with van der Waals surface area (Å²) in [5.74, 6) is 0.545. The highest BCUT2D eigenvalue weighted by molar-refractivity contribution is 4.95. The molecular formula is C11H21NO2. The maximum Gasteiger partial charge on any atom is 0.0558 e. The van der Waals surface area contributed by atoms with Crippen LogP contribution in [0, 0.1) is 11.3 Å². The van der Waals surface area contributed by atoms with Gasteiger partial charge in [-0.05, 0) is 43.6 Å². The minimum absolute atomic E-state index is 0.277. The Labute approximate surface area is 85.7 Å². The fourth-order valence-electron chi connectivity index (χ4n) is 3.21. The highest BCUT2D eigenvalue weighted by Gasteiger charge is 2.43. The van der Waals surface area contributed by atoms with Gasteiger partial charge in [0.2, 0.25) is 0 Å². The molecule has 0 aromatic heterocycles. The molecule has 0 aromatic rings. The van der Waals surface area contributed by atoms with Crippen molar-refractivity contribution in [3.05, 3.63) is 0 Å². The second kappa shape index (κ2) is 4.17. The van der Waals surface area contributed by atoms with Crippen molar-refractivity contribution in [1.82, 2.24) is 4.90 Å². The summed E-state index contributed by atoms with van der Waals surface area (Å²) in [6.45, 7) is 3.75. The van der Waals surface area contributed by atoms with Crippen LogP contribution in [-0.4, -0.2) is 48.0 Å². The number of hydrogen-bond donors (Lipinski definition) is 2. The Morgan fingerprint density at radius 3 is 2.79 bits per heavy atom. The van der Waals surface area contributed by atoms with Crippen LogP contribution in [0.15, 0.2) is 0 Å². The van der Waals surface area contributed by atoms with E-state index < -0.39 is 0 Å². The molecule has 1 spiro atoms. The molecule has 2 atom stereocenters. The number of aliphatic hydroxyl groups is 2. The number of hydrogen-bond acceptors (Lipinski definition) is 3. The monoisotopic (exact) mass is 199 g/mol. The second-order valence-corrected chi connectivity index (χ2v) is 5.04. The van der Waals surface area contributed by atoms with Gasteiger partial charge in [-0.25, -0.2) is 0 Å². The fraction of sp³-hybridized carbons (Fsp3) is 1.00. The Bertz CT molecular complexity index is 198. The molecule has 0 bridgehead atoms. The topological polar surface area (TPSA) is 43.7 Å². The highest BCUT2D eigenvalue weighted by atomic mass is 16.3. The molecule has 1 aliphatic carbocycles. The largest absolute Gasteiger partial charge is 0.396 e. The Hall–Kier alpha value is -0.120. The van der Waals surface area contributed by atoms with E-state index in [0.717, 1.165) is 19.6 Å². The van der Waals surface area contributed by atoms with Crippen molar-refractivity contribution >= 4 is 0 Å². The van der Waals surface area contributed by atoms with Crippen LogP contribution in [0.25, 0.3) is 0 Å². The molecule has 1 aliphatic heterocycles. The SMILES string of the molecule is OCCN1CC[C@@]2(CC[C@H](CO)C2)C1. The zero-order valence-corrected chi connectivity index (χ0v) is 8.78. The number of rotatable bonds is 3. The lowest BCUT2D eigenvalue weighted by Gasteiger charge is -2.23. The van der Waals surface area contributed by atoms with Crippen LogP contribution in [0.3, 0.4) is 0 Å². The average molecular weight is 199 g/mol. The van der Waals surface area contributed by atoms with Gasteiger partial charge in [0.05, 0.1) is 6.61 Å². The fourth-order valence-corrected chi connectivity index (χ4v) is 3.21.